The van der Waals surface area contributed by atoms with Crippen molar-refractivity contribution in [2.75, 3.05) is 6.61 Å². The number of hydrogen-bond acceptors (Lipinski definition) is 9. The van der Waals surface area contributed by atoms with Crippen LogP contribution in [0.25, 0.3) is 0 Å². The summed E-state index contributed by atoms with van der Waals surface area (Å²) in [5, 5.41) is 24.7. The first-order valence-corrected chi connectivity index (χ1v) is 16.3. The number of carbonyl (C=O) groups is 2. The third-order valence-electron chi connectivity index (χ3n) is 13.2. The smallest absolute Gasteiger partial charge is 0.331 e. The third kappa shape index (κ3) is 4.02. The van der Waals surface area contributed by atoms with Crippen LogP contribution < -0.4 is 0 Å². The van der Waals surface area contributed by atoms with Gasteiger partial charge in [0.1, 0.15) is 19.0 Å². The minimum atomic E-state index is -1.19. The van der Waals surface area contributed by atoms with Crippen molar-refractivity contribution in [3.05, 3.63) is 11.6 Å². The van der Waals surface area contributed by atoms with Crippen molar-refractivity contribution < 1.29 is 43.5 Å². The Bertz CT molecular complexity index is 1160. The summed E-state index contributed by atoms with van der Waals surface area (Å²) in [5.41, 5.74) is -2.44. The van der Waals surface area contributed by atoms with Crippen molar-refractivity contribution in [3.63, 3.8) is 0 Å². The highest BCUT2D eigenvalue weighted by Gasteiger charge is 2.71. The lowest BCUT2D eigenvalue weighted by Crippen LogP contribution is -2.69. The van der Waals surface area contributed by atoms with E-state index in [-0.39, 0.29) is 53.6 Å². The van der Waals surface area contributed by atoms with Gasteiger partial charge in [0.05, 0.1) is 34.9 Å². The van der Waals surface area contributed by atoms with Gasteiger partial charge in [-0.3, -0.25) is 0 Å². The van der Waals surface area contributed by atoms with Gasteiger partial charge in [-0.25, -0.2) is 4.79 Å². The Labute approximate surface area is 248 Å². The van der Waals surface area contributed by atoms with Crippen molar-refractivity contribution in [1.29, 1.82) is 0 Å². The quantitative estimate of drug-likeness (QED) is 0.279. The molecule has 0 aromatic heterocycles. The van der Waals surface area contributed by atoms with Crippen LogP contribution >= 0.6 is 0 Å². The van der Waals surface area contributed by atoms with Gasteiger partial charge in [-0.15, -0.1) is 0 Å². The van der Waals surface area contributed by atoms with Crippen LogP contribution in [-0.4, -0.2) is 76.8 Å². The summed E-state index contributed by atoms with van der Waals surface area (Å²) < 4.78 is 30.4. The number of esters is 1. The van der Waals surface area contributed by atoms with Gasteiger partial charge in [-0.2, -0.15) is 0 Å². The minimum absolute atomic E-state index is 0.0744. The first kappa shape index (κ1) is 29.4. The van der Waals surface area contributed by atoms with E-state index in [2.05, 4.69) is 6.92 Å². The van der Waals surface area contributed by atoms with E-state index in [9.17, 15) is 19.8 Å². The molecule has 9 nitrogen and oxygen atoms in total. The Morgan fingerprint density at radius 2 is 1.83 bits per heavy atom. The molecule has 3 aliphatic heterocycles. The van der Waals surface area contributed by atoms with Gasteiger partial charge in [0, 0.05) is 24.3 Å². The van der Waals surface area contributed by atoms with Crippen LogP contribution in [0.1, 0.15) is 98.3 Å². The average molecular weight is 589 g/mol. The van der Waals surface area contributed by atoms with E-state index in [0.717, 1.165) is 37.5 Å². The van der Waals surface area contributed by atoms with E-state index >= 15 is 0 Å². The molecule has 4 saturated carbocycles. The molecular weight excluding hydrogens is 540 g/mol. The highest BCUT2D eigenvalue weighted by Crippen LogP contribution is 2.70. The zero-order chi connectivity index (χ0) is 29.7. The lowest BCUT2D eigenvalue weighted by atomic mass is 9.41. The molecule has 3 heterocycles. The van der Waals surface area contributed by atoms with E-state index in [0.29, 0.717) is 51.6 Å². The van der Waals surface area contributed by atoms with Gasteiger partial charge in [0.2, 0.25) is 0 Å². The predicted octanol–water partition coefficient (Wildman–Crippen LogP) is 3.97. The molecule has 0 unspecified atom stereocenters. The molecule has 2 saturated heterocycles. The number of aldehydes is 1. The fraction of sp³-hybridized carbons (Fsp3) is 0.879. The average Bonchev–Trinajstić information content (AvgIpc) is 3.61. The van der Waals surface area contributed by atoms with Crippen LogP contribution in [0, 0.1) is 28.6 Å². The van der Waals surface area contributed by atoms with Crippen LogP contribution in [-0.2, 0) is 33.3 Å². The standard InChI is InChI=1S/C33H48O9/c1-5-30(4)41-25-15-27(39-19(2)28(25)42-30)40-21-6-11-31(18-34)23-7-10-29(3)22(20-14-26(35)38-17-20)9-13-33(29,37)24(23)8-12-32(31,36)16-21/h14,18-19,21-25,27-28,36-37H,5-13,15-17H2,1-4H3/t19-,21+,22-,23+,24+,25+,27-,28+,29+,30+,31-,32-,33-/m0/s1. The first-order valence-electron chi connectivity index (χ1n) is 16.3. The largest absolute Gasteiger partial charge is 0.458 e. The Morgan fingerprint density at radius 3 is 2.55 bits per heavy atom. The molecule has 0 aromatic carbocycles. The number of hydrogen-bond donors (Lipinski definition) is 2. The maximum atomic E-state index is 13.1. The lowest BCUT2D eigenvalue weighted by molar-refractivity contribution is -0.278. The van der Waals surface area contributed by atoms with Crippen molar-refractivity contribution in [1.82, 2.24) is 0 Å². The van der Waals surface area contributed by atoms with Crippen molar-refractivity contribution in [3.8, 4) is 0 Å². The molecule has 7 rings (SSSR count). The Morgan fingerprint density at radius 1 is 1.05 bits per heavy atom. The Balaban J connectivity index is 1.07. The fourth-order valence-corrected chi connectivity index (χ4v) is 10.8. The second-order valence-electron chi connectivity index (χ2n) is 15.0. The second kappa shape index (κ2) is 9.82. The van der Waals surface area contributed by atoms with E-state index in [4.69, 9.17) is 23.7 Å². The molecule has 0 bridgehead atoms. The summed E-state index contributed by atoms with van der Waals surface area (Å²) in [5.74, 6) is -0.980. The number of ether oxygens (including phenoxy) is 5. The second-order valence-corrected chi connectivity index (χ2v) is 15.0. The molecular formula is C33H48O9. The molecule has 7 aliphatic rings. The van der Waals surface area contributed by atoms with Crippen molar-refractivity contribution in [2.45, 2.75) is 146 Å². The molecule has 4 aliphatic carbocycles. The first-order chi connectivity index (χ1) is 19.9. The molecule has 0 radical (unpaired) electrons. The van der Waals surface area contributed by atoms with E-state index in [1.54, 1.807) is 6.08 Å². The van der Waals surface area contributed by atoms with E-state index in [1.807, 2.05) is 20.8 Å². The van der Waals surface area contributed by atoms with Gasteiger partial charge in [0.25, 0.3) is 0 Å². The van der Waals surface area contributed by atoms with Crippen LogP contribution in [0.5, 0.6) is 0 Å². The highest BCUT2D eigenvalue weighted by atomic mass is 16.8. The maximum Gasteiger partial charge on any atom is 0.331 e. The number of carbonyl (C=O) groups excluding carboxylic acids is 2. The summed E-state index contributed by atoms with van der Waals surface area (Å²) in [6.45, 7) is 8.49. The van der Waals surface area contributed by atoms with Gasteiger partial charge in [-0.05, 0) is 95.0 Å². The summed E-state index contributed by atoms with van der Waals surface area (Å²) in [7, 11) is 0. The highest BCUT2D eigenvalue weighted by molar-refractivity contribution is 5.85. The molecule has 0 amide bonds. The molecule has 0 aromatic rings. The SMILES string of the molecule is CC[C@@]1(C)O[C@@H]2[C@H](C)O[C@@H](O[C@@H]3CC[C@]4(C=O)[C@@H]5CC[C@]6(C)[C@H](C7=CC(=O)OC7)CC[C@]6(O)[C@@H]5CC[C@]4(O)C3)C[C@H]2O1. The molecule has 42 heavy (non-hydrogen) atoms. The summed E-state index contributed by atoms with van der Waals surface area (Å²) in [6.07, 6.45) is 8.56. The van der Waals surface area contributed by atoms with Crippen LogP contribution in [0.4, 0.5) is 0 Å². The van der Waals surface area contributed by atoms with Crippen LogP contribution in [0.15, 0.2) is 11.6 Å². The molecule has 6 fully saturated rings. The molecule has 0 spiro atoms. The third-order valence-corrected chi connectivity index (χ3v) is 13.2. The molecule has 2 N–H and O–H groups in total. The topological polar surface area (TPSA) is 121 Å². The van der Waals surface area contributed by atoms with E-state index < -0.39 is 28.7 Å². The van der Waals surface area contributed by atoms with Crippen molar-refractivity contribution >= 4 is 12.3 Å². The normalized spacial score (nSPS) is 55.2. The van der Waals surface area contributed by atoms with Crippen LogP contribution in [0.3, 0.4) is 0 Å². The molecule has 234 valence electrons. The predicted molar refractivity (Wildman–Crippen MR) is 150 cm³/mol. The molecule has 9 heteroatoms. The van der Waals surface area contributed by atoms with Gasteiger partial charge < -0.3 is 38.7 Å². The minimum Gasteiger partial charge on any atom is -0.458 e. The number of rotatable bonds is 5. The zero-order valence-corrected chi connectivity index (χ0v) is 25.5. The zero-order valence-electron chi connectivity index (χ0n) is 25.5. The van der Waals surface area contributed by atoms with Crippen molar-refractivity contribution in [2.24, 2.45) is 28.6 Å². The Kier molecular flexibility index (Phi) is 6.86. The van der Waals surface area contributed by atoms with Gasteiger partial charge in [0.15, 0.2) is 12.1 Å². The maximum absolute atomic E-state index is 13.1. The fourth-order valence-electron chi connectivity index (χ4n) is 10.8. The van der Waals surface area contributed by atoms with E-state index in [1.165, 1.54) is 0 Å². The van der Waals surface area contributed by atoms with Gasteiger partial charge >= 0.3 is 5.97 Å². The summed E-state index contributed by atoms with van der Waals surface area (Å²) in [4.78, 5) is 25.0. The lowest BCUT2D eigenvalue weighted by Gasteiger charge is -2.65. The monoisotopic (exact) mass is 588 g/mol. The number of cyclic esters (lactones) is 1. The summed E-state index contributed by atoms with van der Waals surface area (Å²) in [6, 6.07) is 0. The number of fused-ring (bicyclic) bond motifs is 6. The Hall–Kier alpha value is -1.36. The summed E-state index contributed by atoms with van der Waals surface area (Å²) >= 11 is 0. The van der Waals surface area contributed by atoms with Gasteiger partial charge in [-0.1, -0.05) is 13.8 Å². The number of aliphatic hydroxyl groups is 2. The molecule has 13 atom stereocenters. The van der Waals surface area contributed by atoms with Crippen LogP contribution in [0.2, 0.25) is 0 Å².